The van der Waals surface area contributed by atoms with E-state index in [1.807, 2.05) is 13.8 Å². The molecule has 0 aliphatic rings. The minimum Gasteiger partial charge on any atom is -0.480 e. The summed E-state index contributed by atoms with van der Waals surface area (Å²) in [6, 6.07) is -0.743. The maximum atomic E-state index is 11.7. The average Bonchev–Trinajstić information content (AvgIpc) is 2.36. The van der Waals surface area contributed by atoms with Gasteiger partial charge in [0.05, 0.1) is 0 Å². The summed E-state index contributed by atoms with van der Waals surface area (Å²) in [7, 11) is 0. The Morgan fingerprint density at radius 3 is 2.05 bits per heavy atom. The Hall–Kier alpha value is -1.06. The first-order valence-corrected chi connectivity index (χ1v) is 7.99. The normalized spacial score (nSPS) is 12.4. The summed E-state index contributed by atoms with van der Waals surface area (Å²) in [5.74, 6) is -0.812. The van der Waals surface area contributed by atoms with Crippen LogP contribution in [0.4, 0.5) is 0 Å². The fraction of sp³-hybridized carbons (Fsp3) is 0.875. The molecule has 2 N–H and O–H groups in total. The highest BCUT2D eigenvalue weighted by molar-refractivity contribution is 5.83. The van der Waals surface area contributed by atoms with Gasteiger partial charge in [-0.3, -0.25) is 4.79 Å². The highest BCUT2D eigenvalue weighted by Gasteiger charge is 2.20. The summed E-state index contributed by atoms with van der Waals surface area (Å²) in [6.07, 6.45) is 9.05. The number of nitrogens with one attached hydrogen (secondary N) is 1. The second-order valence-electron chi connectivity index (χ2n) is 5.96. The van der Waals surface area contributed by atoms with E-state index in [0.29, 0.717) is 12.8 Å². The predicted molar refractivity (Wildman–Crippen MR) is 81.6 cm³/mol. The number of aliphatic carboxylic acids is 1. The molecule has 0 rings (SSSR count). The van der Waals surface area contributed by atoms with E-state index in [1.165, 1.54) is 32.1 Å². The molecule has 118 valence electrons. The lowest BCUT2D eigenvalue weighted by atomic mass is 10.0. The summed E-state index contributed by atoms with van der Waals surface area (Å²) >= 11 is 0. The Morgan fingerprint density at radius 2 is 1.55 bits per heavy atom. The van der Waals surface area contributed by atoms with Crippen molar-refractivity contribution < 1.29 is 14.7 Å². The van der Waals surface area contributed by atoms with Crippen LogP contribution in [0.15, 0.2) is 0 Å². The number of amides is 1. The second-order valence-corrected chi connectivity index (χ2v) is 5.96. The SMILES string of the molecule is CCCCCCCCCC(=O)N[C@H](CC(C)C)C(=O)O. The minimum atomic E-state index is -0.938. The Kier molecular flexibility index (Phi) is 11.1. The average molecular weight is 285 g/mol. The van der Waals surface area contributed by atoms with Gasteiger partial charge in [-0.15, -0.1) is 0 Å². The lowest BCUT2D eigenvalue weighted by molar-refractivity contribution is -0.142. The molecule has 4 heteroatoms. The van der Waals surface area contributed by atoms with Crippen LogP contribution in [0, 0.1) is 5.92 Å². The van der Waals surface area contributed by atoms with E-state index >= 15 is 0 Å². The molecular weight excluding hydrogens is 254 g/mol. The van der Waals surface area contributed by atoms with Crippen LogP contribution in [-0.4, -0.2) is 23.0 Å². The van der Waals surface area contributed by atoms with Crippen LogP contribution in [0.5, 0.6) is 0 Å². The lowest BCUT2D eigenvalue weighted by Crippen LogP contribution is -2.41. The van der Waals surface area contributed by atoms with E-state index in [-0.39, 0.29) is 11.8 Å². The van der Waals surface area contributed by atoms with E-state index < -0.39 is 12.0 Å². The topological polar surface area (TPSA) is 66.4 Å². The summed E-state index contributed by atoms with van der Waals surface area (Å²) in [5, 5.41) is 11.7. The number of rotatable bonds is 12. The van der Waals surface area contributed by atoms with Crippen molar-refractivity contribution in [2.24, 2.45) is 5.92 Å². The Morgan fingerprint density at radius 1 is 1.00 bits per heavy atom. The molecular formula is C16H31NO3. The lowest BCUT2D eigenvalue weighted by Gasteiger charge is -2.16. The summed E-state index contributed by atoms with van der Waals surface area (Å²) < 4.78 is 0. The number of carboxylic acid groups (broad SMARTS) is 1. The molecule has 0 fully saturated rings. The van der Waals surface area contributed by atoms with E-state index in [0.717, 1.165) is 12.8 Å². The standard InChI is InChI=1S/C16H31NO3/c1-4-5-6-7-8-9-10-11-15(18)17-14(16(19)20)12-13(2)3/h13-14H,4-12H2,1-3H3,(H,17,18)(H,19,20)/t14-/m1/s1. The van der Waals surface area contributed by atoms with Crippen LogP contribution >= 0.6 is 0 Å². The Labute approximate surface area is 123 Å². The van der Waals surface area contributed by atoms with Gasteiger partial charge < -0.3 is 10.4 Å². The third-order valence-corrected chi connectivity index (χ3v) is 3.35. The van der Waals surface area contributed by atoms with E-state index in [2.05, 4.69) is 12.2 Å². The molecule has 0 saturated heterocycles. The van der Waals surface area contributed by atoms with Crippen molar-refractivity contribution in [3.8, 4) is 0 Å². The van der Waals surface area contributed by atoms with Crippen molar-refractivity contribution in [1.82, 2.24) is 5.32 Å². The van der Waals surface area contributed by atoms with E-state index in [1.54, 1.807) is 0 Å². The van der Waals surface area contributed by atoms with E-state index in [9.17, 15) is 9.59 Å². The van der Waals surface area contributed by atoms with E-state index in [4.69, 9.17) is 5.11 Å². The van der Waals surface area contributed by atoms with Gasteiger partial charge in [-0.2, -0.15) is 0 Å². The molecule has 0 radical (unpaired) electrons. The molecule has 0 aliphatic carbocycles. The van der Waals surface area contributed by atoms with Gasteiger partial charge in [-0.05, 0) is 18.8 Å². The van der Waals surface area contributed by atoms with Crippen molar-refractivity contribution in [2.45, 2.75) is 84.6 Å². The number of carbonyl (C=O) groups is 2. The Bertz CT molecular complexity index is 277. The van der Waals surface area contributed by atoms with Gasteiger partial charge in [0.2, 0.25) is 5.91 Å². The monoisotopic (exact) mass is 285 g/mol. The molecule has 0 aromatic heterocycles. The molecule has 1 atom stereocenters. The van der Waals surface area contributed by atoms with Crippen LogP contribution in [0.1, 0.15) is 78.6 Å². The molecule has 0 bridgehead atoms. The van der Waals surface area contributed by atoms with Crippen LogP contribution in [0.3, 0.4) is 0 Å². The largest absolute Gasteiger partial charge is 0.480 e. The zero-order chi connectivity index (χ0) is 15.4. The van der Waals surface area contributed by atoms with Crippen molar-refractivity contribution in [3.05, 3.63) is 0 Å². The summed E-state index contributed by atoms with van der Waals surface area (Å²) in [5.41, 5.74) is 0. The van der Waals surface area contributed by atoms with Crippen molar-refractivity contribution in [1.29, 1.82) is 0 Å². The Balaban J connectivity index is 3.72. The van der Waals surface area contributed by atoms with Gasteiger partial charge in [-0.1, -0.05) is 59.3 Å². The first-order valence-electron chi connectivity index (χ1n) is 7.99. The molecule has 0 aromatic rings. The van der Waals surface area contributed by atoms with Crippen LogP contribution < -0.4 is 5.32 Å². The third kappa shape index (κ3) is 10.8. The van der Waals surface area contributed by atoms with Crippen molar-refractivity contribution in [3.63, 3.8) is 0 Å². The summed E-state index contributed by atoms with van der Waals surface area (Å²) in [4.78, 5) is 22.7. The number of unbranched alkanes of at least 4 members (excludes halogenated alkanes) is 6. The number of hydrogen-bond donors (Lipinski definition) is 2. The number of hydrogen-bond acceptors (Lipinski definition) is 2. The van der Waals surface area contributed by atoms with Gasteiger partial charge >= 0.3 is 5.97 Å². The highest BCUT2D eigenvalue weighted by Crippen LogP contribution is 2.09. The van der Waals surface area contributed by atoms with Crippen molar-refractivity contribution in [2.75, 3.05) is 0 Å². The molecule has 4 nitrogen and oxygen atoms in total. The molecule has 0 saturated carbocycles. The summed E-state index contributed by atoms with van der Waals surface area (Å²) in [6.45, 7) is 6.11. The first kappa shape index (κ1) is 18.9. The van der Waals surface area contributed by atoms with Crippen LogP contribution in [-0.2, 0) is 9.59 Å². The molecule has 0 aromatic carbocycles. The molecule has 0 heterocycles. The molecule has 0 spiro atoms. The van der Waals surface area contributed by atoms with Gasteiger partial charge in [-0.25, -0.2) is 4.79 Å². The maximum absolute atomic E-state index is 11.7. The number of carboxylic acids is 1. The second kappa shape index (κ2) is 11.7. The smallest absolute Gasteiger partial charge is 0.326 e. The van der Waals surface area contributed by atoms with Gasteiger partial charge in [0.25, 0.3) is 0 Å². The fourth-order valence-corrected chi connectivity index (χ4v) is 2.20. The van der Waals surface area contributed by atoms with Gasteiger partial charge in [0, 0.05) is 6.42 Å². The third-order valence-electron chi connectivity index (χ3n) is 3.35. The molecule has 20 heavy (non-hydrogen) atoms. The fourth-order valence-electron chi connectivity index (χ4n) is 2.20. The van der Waals surface area contributed by atoms with Gasteiger partial charge in [0.15, 0.2) is 0 Å². The first-order chi connectivity index (χ1) is 9.47. The van der Waals surface area contributed by atoms with Crippen LogP contribution in [0.2, 0.25) is 0 Å². The predicted octanol–water partition coefficient (Wildman–Crippen LogP) is 3.74. The van der Waals surface area contributed by atoms with Gasteiger partial charge in [0.1, 0.15) is 6.04 Å². The molecule has 0 unspecified atom stereocenters. The zero-order valence-corrected chi connectivity index (χ0v) is 13.3. The highest BCUT2D eigenvalue weighted by atomic mass is 16.4. The quantitative estimate of drug-likeness (QED) is 0.537. The van der Waals surface area contributed by atoms with Crippen LogP contribution in [0.25, 0.3) is 0 Å². The molecule has 0 aliphatic heterocycles. The minimum absolute atomic E-state index is 0.133. The zero-order valence-electron chi connectivity index (χ0n) is 13.3. The maximum Gasteiger partial charge on any atom is 0.326 e. The number of carbonyl (C=O) groups excluding carboxylic acids is 1. The molecule has 1 amide bonds. The van der Waals surface area contributed by atoms with Crippen molar-refractivity contribution >= 4 is 11.9 Å².